The number of anilines is 2. The van der Waals surface area contributed by atoms with E-state index in [1.807, 2.05) is 29.6 Å². The van der Waals surface area contributed by atoms with Gasteiger partial charge in [0.1, 0.15) is 6.04 Å². The van der Waals surface area contributed by atoms with Crippen LogP contribution in [0.3, 0.4) is 0 Å². The van der Waals surface area contributed by atoms with E-state index in [9.17, 15) is 18.0 Å². The first kappa shape index (κ1) is 24.4. The van der Waals surface area contributed by atoms with Gasteiger partial charge in [-0.25, -0.2) is 13.1 Å². The standard InChI is InChI=1S/C23H26N4O4S2/c1-3-25-23(29)20(27-33(2,30)31)13-15-6-8-16(9-7-15)22(28)26-19-14-17(10-11-18(19)24)21-5-4-12-32-21/h4-12,14,20,27H,3,13,24H2,1-2H3,(H,25,29)(H,26,28)/t20-/m0/s1. The fourth-order valence-electron chi connectivity index (χ4n) is 3.23. The van der Waals surface area contributed by atoms with Crippen LogP contribution in [0.1, 0.15) is 22.8 Å². The highest BCUT2D eigenvalue weighted by Crippen LogP contribution is 2.30. The van der Waals surface area contributed by atoms with Crippen molar-refractivity contribution in [2.75, 3.05) is 23.9 Å². The summed E-state index contributed by atoms with van der Waals surface area (Å²) in [6.45, 7) is 2.14. The smallest absolute Gasteiger partial charge is 0.255 e. The van der Waals surface area contributed by atoms with Crippen molar-refractivity contribution in [1.82, 2.24) is 10.0 Å². The van der Waals surface area contributed by atoms with Crippen LogP contribution in [0.5, 0.6) is 0 Å². The van der Waals surface area contributed by atoms with E-state index in [0.29, 0.717) is 29.0 Å². The Kier molecular flexibility index (Phi) is 7.85. The highest BCUT2D eigenvalue weighted by atomic mass is 32.2. The van der Waals surface area contributed by atoms with Crippen molar-refractivity contribution in [3.05, 3.63) is 71.1 Å². The second kappa shape index (κ2) is 10.6. The highest BCUT2D eigenvalue weighted by molar-refractivity contribution is 7.88. The van der Waals surface area contributed by atoms with Crippen LogP contribution in [-0.2, 0) is 21.2 Å². The quantitative estimate of drug-likeness (QED) is 0.346. The Balaban J connectivity index is 1.72. The van der Waals surface area contributed by atoms with E-state index in [-0.39, 0.29) is 12.3 Å². The van der Waals surface area contributed by atoms with E-state index in [2.05, 4.69) is 15.4 Å². The predicted octanol–water partition coefficient (Wildman–Crippen LogP) is 2.85. The monoisotopic (exact) mass is 486 g/mol. The number of nitrogens with two attached hydrogens (primary N) is 1. The van der Waals surface area contributed by atoms with E-state index in [1.54, 1.807) is 48.6 Å². The minimum Gasteiger partial charge on any atom is -0.397 e. The predicted molar refractivity (Wildman–Crippen MR) is 133 cm³/mol. The Morgan fingerprint density at radius 2 is 1.82 bits per heavy atom. The van der Waals surface area contributed by atoms with Crippen molar-refractivity contribution in [3.8, 4) is 10.4 Å². The topological polar surface area (TPSA) is 130 Å². The number of rotatable bonds is 9. The number of nitrogens with one attached hydrogen (secondary N) is 3. The third-order valence-corrected chi connectivity index (χ3v) is 6.42. The van der Waals surface area contributed by atoms with E-state index in [4.69, 9.17) is 5.73 Å². The molecule has 3 rings (SSSR count). The molecule has 0 radical (unpaired) electrons. The Bertz CT molecular complexity index is 1220. The number of nitrogen functional groups attached to an aromatic ring is 1. The molecular weight excluding hydrogens is 460 g/mol. The molecule has 0 saturated heterocycles. The van der Waals surface area contributed by atoms with E-state index in [0.717, 1.165) is 16.7 Å². The number of benzene rings is 2. The van der Waals surface area contributed by atoms with Crippen LogP contribution in [0, 0.1) is 0 Å². The number of hydrogen-bond donors (Lipinski definition) is 4. The van der Waals surface area contributed by atoms with Gasteiger partial charge in [-0.2, -0.15) is 0 Å². The van der Waals surface area contributed by atoms with Gasteiger partial charge in [0.2, 0.25) is 15.9 Å². The van der Waals surface area contributed by atoms with Crippen LogP contribution in [0.15, 0.2) is 60.0 Å². The molecule has 3 aromatic rings. The van der Waals surface area contributed by atoms with Crippen LogP contribution in [-0.4, -0.2) is 39.1 Å². The van der Waals surface area contributed by atoms with Crippen LogP contribution >= 0.6 is 11.3 Å². The summed E-state index contributed by atoms with van der Waals surface area (Å²) in [6.07, 6.45) is 1.16. The summed E-state index contributed by atoms with van der Waals surface area (Å²) in [4.78, 5) is 26.1. The molecule has 5 N–H and O–H groups in total. The fourth-order valence-corrected chi connectivity index (χ4v) is 4.66. The van der Waals surface area contributed by atoms with Gasteiger partial charge in [0.25, 0.3) is 5.91 Å². The summed E-state index contributed by atoms with van der Waals surface area (Å²) in [7, 11) is -3.57. The first-order valence-electron chi connectivity index (χ1n) is 10.2. The van der Waals surface area contributed by atoms with Crippen molar-refractivity contribution in [1.29, 1.82) is 0 Å². The van der Waals surface area contributed by atoms with Gasteiger partial charge in [0.15, 0.2) is 0 Å². The maximum absolute atomic E-state index is 12.8. The number of likely N-dealkylation sites (N-methyl/N-ethyl adjacent to an activating group) is 1. The number of carbonyl (C=O) groups excluding carboxylic acids is 2. The molecule has 8 nitrogen and oxygen atoms in total. The van der Waals surface area contributed by atoms with E-state index in [1.165, 1.54) is 0 Å². The summed E-state index contributed by atoms with van der Waals surface area (Å²) in [6, 6.07) is 15.1. The fraction of sp³-hybridized carbons (Fsp3) is 0.217. The van der Waals surface area contributed by atoms with Crippen molar-refractivity contribution >= 4 is 44.5 Å². The van der Waals surface area contributed by atoms with Gasteiger partial charge in [0, 0.05) is 17.0 Å². The van der Waals surface area contributed by atoms with Crippen molar-refractivity contribution in [2.24, 2.45) is 0 Å². The molecule has 0 aliphatic heterocycles. The Morgan fingerprint density at radius 1 is 1.09 bits per heavy atom. The summed E-state index contributed by atoms with van der Waals surface area (Å²) in [5.74, 6) is -0.739. The second-order valence-corrected chi connectivity index (χ2v) is 10.2. The molecule has 0 bridgehead atoms. The number of sulfonamides is 1. The van der Waals surface area contributed by atoms with Gasteiger partial charge >= 0.3 is 0 Å². The van der Waals surface area contributed by atoms with Crippen LogP contribution in [0.4, 0.5) is 11.4 Å². The first-order valence-corrected chi connectivity index (χ1v) is 13.0. The molecule has 2 aromatic carbocycles. The largest absolute Gasteiger partial charge is 0.397 e. The van der Waals surface area contributed by atoms with E-state index >= 15 is 0 Å². The number of amides is 2. The maximum atomic E-state index is 12.8. The molecule has 0 unspecified atom stereocenters. The average molecular weight is 487 g/mol. The molecule has 1 atom stereocenters. The maximum Gasteiger partial charge on any atom is 0.255 e. The van der Waals surface area contributed by atoms with E-state index < -0.39 is 22.0 Å². The zero-order valence-corrected chi connectivity index (χ0v) is 19.9. The lowest BCUT2D eigenvalue weighted by Gasteiger charge is -2.17. The molecule has 0 spiro atoms. The normalized spacial score (nSPS) is 12.2. The van der Waals surface area contributed by atoms with Gasteiger partial charge in [-0.3, -0.25) is 9.59 Å². The molecule has 2 amide bonds. The second-order valence-electron chi connectivity index (χ2n) is 7.47. The molecule has 33 heavy (non-hydrogen) atoms. The number of carbonyl (C=O) groups is 2. The number of thiophene rings is 1. The van der Waals surface area contributed by atoms with Crippen molar-refractivity contribution in [2.45, 2.75) is 19.4 Å². The van der Waals surface area contributed by atoms with Crippen LogP contribution in [0.25, 0.3) is 10.4 Å². The molecule has 0 saturated carbocycles. The molecule has 1 heterocycles. The van der Waals surface area contributed by atoms with Crippen molar-refractivity contribution < 1.29 is 18.0 Å². The summed E-state index contributed by atoms with van der Waals surface area (Å²) >= 11 is 1.60. The third kappa shape index (κ3) is 6.88. The van der Waals surface area contributed by atoms with Gasteiger partial charge in [-0.15, -0.1) is 11.3 Å². The number of hydrogen-bond acceptors (Lipinski definition) is 6. The molecule has 1 aromatic heterocycles. The summed E-state index contributed by atoms with van der Waals surface area (Å²) < 4.78 is 25.6. The lowest BCUT2D eigenvalue weighted by atomic mass is 10.0. The molecule has 10 heteroatoms. The van der Waals surface area contributed by atoms with Gasteiger partial charge in [-0.1, -0.05) is 24.3 Å². The SMILES string of the molecule is CCNC(=O)[C@H](Cc1ccc(C(=O)Nc2cc(-c3cccs3)ccc2N)cc1)NS(C)(=O)=O. The third-order valence-electron chi connectivity index (χ3n) is 4.79. The van der Waals surface area contributed by atoms with Gasteiger partial charge in [-0.05, 0) is 60.2 Å². The average Bonchev–Trinajstić information content (AvgIpc) is 3.29. The minimum atomic E-state index is -3.57. The first-order chi connectivity index (χ1) is 15.7. The Hall–Kier alpha value is -3.21. The Labute approximate surface area is 197 Å². The molecule has 0 aliphatic carbocycles. The van der Waals surface area contributed by atoms with Gasteiger partial charge in [0.05, 0.1) is 17.6 Å². The highest BCUT2D eigenvalue weighted by Gasteiger charge is 2.22. The van der Waals surface area contributed by atoms with Crippen LogP contribution in [0.2, 0.25) is 0 Å². The van der Waals surface area contributed by atoms with Crippen LogP contribution < -0.4 is 21.1 Å². The minimum absolute atomic E-state index is 0.149. The van der Waals surface area contributed by atoms with Crippen molar-refractivity contribution in [3.63, 3.8) is 0 Å². The Morgan fingerprint density at radius 3 is 2.42 bits per heavy atom. The lowest BCUT2D eigenvalue weighted by molar-refractivity contribution is -0.122. The molecule has 0 fully saturated rings. The molecular formula is C23H26N4O4S2. The lowest BCUT2D eigenvalue weighted by Crippen LogP contribution is -2.47. The summed E-state index contributed by atoms with van der Waals surface area (Å²) in [5.41, 5.74) is 9.09. The molecule has 174 valence electrons. The zero-order chi connectivity index (χ0) is 24.0. The summed E-state index contributed by atoms with van der Waals surface area (Å²) in [5, 5.41) is 7.44. The van der Waals surface area contributed by atoms with Gasteiger partial charge < -0.3 is 16.4 Å². The molecule has 0 aliphatic rings. The zero-order valence-electron chi connectivity index (χ0n) is 18.3.